The highest BCUT2D eigenvalue weighted by molar-refractivity contribution is 7.09. The van der Waals surface area contributed by atoms with Crippen LogP contribution < -0.4 is 5.32 Å². The predicted molar refractivity (Wildman–Crippen MR) is 65.8 cm³/mol. The third-order valence-electron chi connectivity index (χ3n) is 2.46. The molecule has 0 aliphatic heterocycles. The number of thiazole rings is 1. The Balaban J connectivity index is 2.25. The highest BCUT2D eigenvalue weighted by Crippen LogP contribution is 2.20. The van der Waals surface area contributed by atoms with Gasteiger partial charge in [0.2, 0.25) is 0 Å². The van der Waals surface area contributed by atoms with Crippen LogP contribution in [0.15, 0.2) is 5.51 Å². The molecule has 0 saturated heterocycles. The predicted octanol–water partition coefficient (Wildman–Crippen LogP) is 1.50. The summed E-state index contributed by atoms with van der Waals surface area (Å²) in [5.74, 6) is 0. The average molecular weight is 244 g/mol. The summed E-state index contributed by atoms with van der Waals surface area (Å²) in [5.41, 5.74) is 2.95. The van der Waals surface area contributed by atoms with Gasteiger partial charge < -0.3 is 15.2 Å². The second-order valence-corrected chi connectivity index (χ2v) is 4.76. The number of aryl methyl sites for hydroxylation is 1. The third kappa shape index (κ3) is 4.17. The normalized spacial score (nSPS) is 15.0. The Hall–Kier alpha value is -0.490. The Morgan fingerprint density at radius 1 is 1.62 bits per heavy atom. The number of nitrogens with one attached hydrogen (secondary N) is 1. The van der Waals surface area contributed by atoms with Crippen LogP contribution in [0.1, 0.15) is 30.0 Å². The molecular weight excluding hydrogens is 224 g/mol. The van der Waals surface area contributed by atoms with E-state index in [-0.39, 0.29) is 6.10 Å². The zero-order valence-corrected chi connectivity index (χ0v) is 10.9. The standard InChI is InChI=1S/C11H20N2O2S/c1-8(11-9(2)13-7-16-11)12-5-4-10(14)6-15-3/h7-8,10,12,14H,4-6H2,1-3H3. The molecule has 0 saturated carbocycles. The lowest BCUT2D eigenvalue weighted by atomic mass is 10.2. The summed E-state index contributed by atoms with van der Waals surface area (Å²) in [6, 6.07) is 0.294. The molecular formula is C11H20N2O2S. The van der Waals surface area contributed by atoms with Crippen LogP contribution in [-0.2, 0) is 4.74 Å². The Morgan fingerprint density at radius 2 is 2.38 bits per heavy atom. The van der Waals surface area contributed by atoms with Gasteiger partial charge in [0.1, 0.15) is 0 Å². The minimum Gasteiger partial charge on any atom is -0.391 e. The van der Waals surface area contributed by atoms with Gasteiger partial charge in [0.05, 0.1) is 23.9 Å². The van der Waals surface area contributed by atoms with Crippen LogP contribution in [0.3, 0.4) is 0 Å². The lowest BCUT2D eigenvalue weighted by Gasteiger charge is -2.14. The number of methoxy groups -OCH3 is 1. The average Bonchev–Trinajstić information content (AvgIpc) is 2.64. The van der Waals surface area contributed by atoms with Crippen molar-refractivity contribution >= 4 is 11.3 Å². The molecule has 5 heteroatoms. The molecule has 0 amide bonds. The minimum atomic E-state index is -0.382. The maximum atomic E-state index is 9.47. The number of hydrogen-bond donors (Lipinski definition) is 2. The van der Waals surface area contributed by atoms with Crippen molar-refractivity contribution in [3.05, 3.63) is 16.1 Å². The monoisotopic (exact) mass is 244 g/mol. The van der Waals surface area contributed by atoms with E-state index in [1.165, 1.54) is 4.88 Å². The van der Waals surface area contributed by atoms with Crippen LogP contribution in [0.25, 0.3) is 0 Å². The van der Waals surface area contributed by atoms with Crippen molar-refractivity contribution < 1.29 is 9.84 Å². The van der Waals surface area contributed by atoms with Gasteiger partial charge in [-0.25, -0.2) is 4.98 Å². The first-order chi connectivity index (χ1) is 7.65. The van der Waals surface area contributed by atoms with Gasteiger partial charge in [0.15, 0.2) is 0 Å². The van der Waals surface area contributed by atoms with Gasteiger partial charge in [-0.1, -0.05) is 0 Å². The Bertz CT molecular complexity index is 304. The van der Waals surface area contributed by atoms with Gasteiger partial charge in [-0.2, -0.15) is 0 Å². The zero-order valence-electron chi connectivity index (χ0n) is 10.1. The summed E-state index contributed by atoms with van der Waals surface area (Å²) in [7, 11) is 1.60. The molecule has 0 aliphatic carbocycles. The van der Waals surface area contributed by atoms with Crippen LogP contribution in [-0.4, -0.2) is 36.5 Å². The maximum Gasteiger partial charge on any atom is 0.0798 e. The van der Waals surface area contributed by atoms with E-state index in [0.717, 1.165) is 12.2 Å². The first kappa shape index (κ1) is 13.6. The Morgan fingerprint density at radius 3 is 2.94 bits per heavy atom. The van der Waals surface area contributed by atoms with E-state index >= 15 is 0 Å². The lowest BCUT2D eigenvalue weighted by molar-refractivity contribution is 0.0591. The molecule has 0 fully saturated rings. The molecule has 2 unspecified atom stereocenters. The summed E-state index contributed by atoms with van der Waals surface area (Å²) >= 11 is 1.67. The highest BCUT2D eigenvalue weighted by Gasteiger charge is 2.11. The number of aliphatic hydroxyl groups is 1. The summed E-state index contributed by atoms with van der Waals surface area (Å²) < 4.78 is 4.87. The minimum absolute atomic E-state index is 0.294. The third-order valence-corrected chi connectivity index (χ3v) is 3.58. The highest BCUT2D eigenvalue weighted by atomic mass is 32.1. The first-order valence-corrected chi connectivity index (χ1v) is 6.33. The quantitative estimate of drug-likeness (QED) is 0.763. The second kappa shape index (κ2) is 6.96. The fourth-order valence-electron chi connectivity index (χ4n) is 1.56. The molecule has 0 aromatic carbocycles. The molecule has 1 rings (SSSR count). The number of aliphatic hydroxyl groups excluding tert-OH is 1. The molecule has 0 bridgehead atoms. The number of rotatable bonds is 7. The molecule has 4 nitrogen and oxygen atoms in total. The van der Waals surface area contributed by atoms with Gasteiger partial charge in [-0.3, -0.25) is 0 Å². The molecule has 16 heavy (non-hydrogen) atoms. The molecule has 2 atom stereocenters. The molecule has 0 aliphatic rings. The van der Waals surface area contributed by atoms with Crippen molar-refractivity contribution in [2.24, 2.45) is 0 Å². The molecule has 92 valence electrons. The zero-order chi connectivity index (χ0) is 12.0. The van der Waals surface area contributed by atoms with E-state index in [4.69, 9.17) is 4.74 Å². The van der Waals surface area contributed by atoms with E-state index in [1.54, 1.807) is 18.4 Å². The van der Waals surface area contributed by atoms with Crippen molar-refractivity contribution in [3.8, 4) is 0 Å². The van der Waals surface area contributed by atoms with Crippen molar-refractivity contribution in [2.75, 3.05) is 20.3 Å². The fourth-order valence-corrected chi connectivity index (χ4v) is 2.40. The summed E-state index contributed by atoms with van der Waals surface area (Å²) in [6.45, 7) is 5.31. The van der Waals surface area contributed by atoms with Crippen molar-refractivity contribution in [2.45, 2.75) is 32.4 Å². The number of nitrogens with zero attached hydrogens (tertiary/aromatic N) is 1. The van der Waals surface area contributed by atoms with E-state index in [1.807, 2.05) is 12.4 Å². The van der Waals surface area contributed by atoms with Gasteiger partial charge in [-0.15, -0.1) is 11.3 Å². The van der Waals surface area contributed by atoms with Crippen molar-refractivity contribution in [3.63, 3.8) is 0 Å². The van der Waals surface area contributed by atoms with Crippen LogP contribution in [0.2, 0.25) is 0 Å². The van der Waals surface area contributed by atoms with Gasteiger partial charge in [0.25, 0.3) is 0 Å². The van der Waals surface area contributed by atoms with Crippen molar-refractivity contribution in [1.29, 1.82) is 0 Å². The lowest BCUT2D eigenvalue weighted by Crippen LogP contribution is -2.25. The smallest absolute Gasteiger partial charge is 0.0798 e. The Labute approximate surface area is 101 Å². The summed E-state index contributed by atoms with van der Waals surface area (Å²) in [4.78, 5) is 5.48. The molecule has 0 spiro atoms. The van der Waals surface area contributed by atoms with E-state index in [2.05, 4.69) is 17.2 Å². The van der Waals surface area contributed by atoms with Gasteiger partial charge in [0, 0.05) is 18.0 Å². The van der Waals surface area contributed by atoms with E-state index in [9.17, 15) is 5.11 Å². The molecule has 1 aromatic rings. The SMILES string of the molecule is COCC(O)CCNC(C)c1scnc1C. The molecule has 1 heterocycles. The van der Waals surface area contributed by atoms with Crippen LogP contribution >= 0.6 is 11.3 Å². The largest absolute Gasteiger partial charge is 0.391 e. The van der Waals surface area contributed by atoms with Crippen LogP contribution in [0.5, 0.6) is 0 Å². The molecule has 0 radical (unpaired) electrons. The second-order valence-electron chi connectivity index (χ2n) is 3.88. The van der Waals surface area contributed by atoms with Gasteiger partial charge >= 0.3 is 0 Å². The van der Waals surface area contributed by atoms with Gasteiger partial charge in [-0.05, 0) is 26.8 Å². The van der Waals surface area contributed by atoms with E-state index in [0.29, 0.717) is 19.1 Å². The first-order valence-electron chi connectivity index (χ1n) is 5.45. The van der Waals surface area contributed by atoms with Crippen molar-refractivity contribution in [1.82, 2.24) is 10.3 Å². The topological polar surface area (TPSA) is 54.4 Å². The number of hydrogen-bond acceptors (Lipinski definition) is 5. The fraction of sp³-hybridized carbons (Fsp3) is 0.727. The summed E-state index contributed by atoms with van der Waals surface area (Å²) in [6.07, 6.45) is 0.322. The molecule has 1 aromatic heterocycles. The summed E-state index contributed by atoms with van der Waals surface area (Å²) in [5, 5.41) is 12.8. The van der Waals surface area contributed by atoms with E-state index < -0.39 is 0 Å². The maximum absolute atomic E-state index is 9.47. The number of ether oxygens (including phenoxy) is 1. The molecule has 2 N–H and O–H groups in total. The van der Waals surface area contributed by atoms with Crippen LogP contribution in [0, 0.1) is 6.92 Å². The van der Waals surface area contributed by atoms with Crippen LogP contribution in [0.4, 0.5) is 0 Å². The number of aromatic nitrogens is 1. The Kier molecular flexibility index (Phi) is 5.90.